The molecule has 0 bridgehead atoms. The van der Waals surface area contributed by atoms with E-state index in [0.29, 0.717) is 17.7 Å². The summed E-state index contributed by atoms with van der Waals surface area (Å²) in [5.74, 6) is -0.172. The molecule has 23 heavy (non-hydrogen) atoms. The van der Waals surface area contributed by atoms with Crippen molar-refractivity contribution in [3.63, 3.8) is 0 Å². The quantitative estimate of drug-likeness (QED) is 0.799. The number of amides is 1. The van der Waals surface area contributed by atoms with E-state index in [4.69, 9.17) is 4.74 Å². The molecule has 4 nitrogen and oxygen atoms in total. The Balaban J connectivity index is 1.99. The van der Waals surface area contributed by atoms with Gasteiger partial charge < -0.3 is 10.1 Å². The number of ketones is 1. The van der Waals surface area contributed by atoms with Crippen molar-refractivity contribution in [1.29, 1.82) is 0 Å². The molecule has 0 saturated carbocycles. The molecule has 0 heterocycles. The van der Waals surface area contributed by atoms with Crippen LogP contribution in [-0.2, 0) is 11.3 Å². The molecule has 0 spiro atoms. The normalized spacial score (nSPS) is 11.7. The summed E-state index contributed by atoms with van der Waals surface area (Å²) in [6.45, 7) is 2.21. The summed E-state index contributed by atoms with van der Waals surface area (Å²) in [7, 11) is 1.59. The number of rotatable bonds is 7. The van der Waals surface area contributed by atoms with Crippen LogP contribution in [0.5, 0.6) is 0 Å². The Hall–Kier alpha value is -2.46. The zero-order valence-corrected chi connectivity index (χ0v) is 13.4. The number of ether oxygens (including phenoxy) is 1. The van der Waals surface area contributed by atoms with Crippen LogP contribution in [0.4, 0.5) is 0 Å². The molecule has 0 aliphatic heterocycles. The second-order valence-corrected chi connectivity index (χ2v) is 5.46. The van der Waals surface area contributed by atoms with Gasteiger partial charge in [0.25, 0.3) is 5.91 Å². The summed E-state index contributed by atoms with van der Waals surface area (Å²) in [5.41, 5.74) is 2.07. The van der Waals surface area contributed by atoms with Crippen molar-refractivity contribution in [2.75, 3.05) is 7.11 Å². The highest BCUT2D eigenvalue weighted by molar-refractivity contribution is 5.98. The average molecular weight is 311 g/mol. The van der Waals surface area contributed by atoms with Gasteiger partial charge in [0, 0.05) is 30.7 Å². The predicted molar refractivity (Wildman–Crippen MR) is 89.5 cm³/mol. The van der Waals surface area contributed by atoms with Gasteiger partial charge in [-0.2, -0.15) is 0 Å². The Morgan fingerprint density at radius 2 is 1.70 bits per heavy atom. The van der Waals surface area contributed by atoms with Crippen LogP contribution in [0.1, 0.15) is 39.6 Å². The van der Waals surface area contributed by atoms with E-state index in [0.717, 1.165) is 5.56 Å². The van der Waals surface area contributed by atoms with E-state index >= 15 is 0 Å². The third-order valence-corrected chi connectivity index (χ3v) is 3.53. The van der Waals surface area contributed by atoms with Gasteiger partial charge in [0.2, 0.25) is 0 Å². The summed E-state index contributed by atoms with van der Waals surface area (Å²) < 4.78 is 5.11. The van der Waals surface area contributed by atoms with Crippen LogP contribution in [0.3, 0.4) is 0 Å². The summed E-state index contributed by atoms with van der Waals surface area (Å²) in [6.07, 6.45) is 0.266. The molecule has 4 heteroatoms. The Morgan fingerprint density at radius 1 is 1.04 bits per heavy atom. The number of nitrogens with one attached hydrogen (secondary N) is 1. The minimum atomic E-state index is -0.245. The van der Waals surface area contributed by atoms with E-state index < -0.39 is 0 Å². The summed E-state index contributed by atoms with van der Waals surface area (Å²) >= 11 is 0. The van der Waals surface area contributed by atoms with Crippen molar-refractivity contribution < 1.29 is 14.3 Å². The minimum absolute atomic E-state index is 0.0172. The van der Waals surface area contributed by atoms with E-state index in [1.54, 1.807) is 25.3 Å². The minimum Gasteiger partial charge on any atom is -0.380 e. The third kappa shape index (κ3) is 4.76. The fourth-order valence-corrected chi connectivity index (χ4v) is 2.40. The zero-order valence-electron chi connectivity index (χ0n) is 13.4. The highest BCUT2D eigenvalue weighted by Crippen LogP contribution is 2.11. The van der Waals surface area contributed by atoms with Gasteiger partial charge in [0.05, 0.1) is 6.61 Å². The molecule has 0 aliphatic carbocycles. The third-order valence-electron chi connectivity index (χ3n) is 3.53. The second-order valence-electron chi connectivity index (χ2n) is 5.46. The van der Waals surface area contributed by atoms with Crippen molar-refractivity contribution in [3.05, 3.63) is 71.3 Å². The molecule has 0 radical (unpaired) electrons. The molecule has 0 saturated heterocycles. The maximum atomic E-state index is 12.4. The Morgan fingerprint density at radius 3 is 2.39 bits per heavy atom. The number of Topliss-reactive ketones (excluding diaryl/α,β-unsaturated/α-hetero) is 1. The van der Waals surface area contributed by atoms with Gasteiger partial charge in [-0.15, -0.1) is 0 Å². The highest BCUT2D eigenvalue weighted by atomic mass is 16.5. The molecule has 120 valence electrons. The lowest BCUT2D eigenvalue weighted by Gasteiger charge is -2.15. The van der Waals surface area contributed by atoms with Crippen LogP contribution in [0.25, 0.3) is 0 Å². The van der Waals surface area contributed by atoms with Crippen LogP contribution in [0.2, 0.25) is 0 Å². The van der Waals surface area contributed by atoms with Gasteiger partial charge in [0.15, 0.2) is 5.78 Å². The van der Waals surface area contributed by atoms with Crippen LogP contribution in [0, 0.1) is 0 Å². The first-order valence-corrected chi connectivity index (χ1v) is 7.57. The van der Waals surface area contributed by atoms with E-state index in [-0.39, 0.29) is 24.2 Å². The fraction of sp³-hybridized carbons (Fsp3) is 0.263. The van der Waals surface area contributed by atoms with E-state index in [2.05, 4.69) is 5.32 Å². The summed E-state index contributed by atoms with van der Waals surface area (Å²) in [6, 6.07) is 16.2. The number of carbonyl (C=O) groups is 2. The van der Waals surface area contributed by atoms with E-state index in [1.165, 1.54) is 0 Å². The average Bonchev–Trinajstić information content (AvgIpc) is 2.56. The predicted octanol–water partition coefficient (Wildman–Crippen LogP) is 3.22. The molecule has 0 aliphatic rings. The van der Waals surface area contributed by atoms with E-state index in [9.17, 15) is 9.59 Å². The summed E-state index contributed by atoms with van der Waals surface area (Å²) in [4.78, 5) is 24.6. The molecule has 0 aromatic heterocycles. The van der Waals surface area contributed by atoms with E-state index in [1.807, 2.05) is 43.3 Å². The number of hydrogen-bond acceptors (Lipinski definition) is 3. The number of carbonyl (C=O) groups excluding carboxylic acids is 2. The Labute approximate surface area is 136 Å². The van der Waals surface area contributed by atoms with Gasteiger partial charge >= 0.3 is 0 Å². The molecule has 2 rings (SSSR count). The number of benzene rings is 2. The molecule has 2 aromatic carbocycles. The van der Waals surface area contributed by atoms with Crippen molar-refractivity contribution >= 4 is 11.7 Å². The van der Waals surface area contributed by atoms with Crippen molar-refractivity contribution in [3.8, 4) is 0 Å². The summed E-state index contributed by atoms with van der Waals surface area (Å²) in [5, 5.41) is 2.88. The number of methoxy groups -OCH3 is 1. The second kappa shape index (κ2) is 8.25. The lowest BCUT2D eigenvalue weighted by molar-refractivity contribution is 0.0914. The lowest BCUT2D eigenvalue weighted by Crippen LogP contribution is -2.34. The van der Waals surface area contributed by atoms with Crippen molar-refractivity contribution in [2.45, 2.75) is 26.0 Å². The molecule has 0 fully saturated rings. The topological polar surface area (TPSA) is 55.4 Å². The molecule has 0 unspecified atom stereocenters. The molecular formula is C19H21NO3. The lowest BCUT2D eigenvalue weighted by atomic mass is 10.0. The maximum absolute atomic E-state index is 12.4. The first-order chi connectivity index (χ1) is 11.1. The van der Waals surface area contributed by atoms with Crippen LogP contribution < -0.4 is 5.32 Å². The van der Waals surface area contributed by atoms with Gasteiger partial charge in [-0.25, -0.2) is 0 Å². The zero-order chi connectivity index (χ0) is 16.7. The standard InChI is InChI=1S/C19H21NO3/c1-14(12-18(21)15-8-4-3-5-9-15)20-19(22)17-11-7-6-10-16(17)13-23-2/h3-11,14H,12-13H2,1-2H3,(H,20,22)/t14-/m1/s1. The smallest absolute Gasteiger partial charge is 0.251 e. The van der Waals surface area contributed by atoms with Gasteiger partial charge in [0.1, 0.15) is 0 Å². The Kier molecular flexibility index (Phi) is 6.06. The van der Waals surface area contributed by atoms with Gasteiger partial charge in [-0.3, -0.25) is 9.59 Å². The molecule has 1 atom stereocenters. The Bertz CT molecular complexity index is 667. The highest BCUT2D eigenvalue weighted by Gasteiger charge is 2.16. The largest absolute Gasteiger partial charge is 0.380 e. The van der Waals surface area contributed by atoms with Gasteiger partial charge in [-0.05, 0) is 18.6 Å². The fourth-order valence-electron chi connectivity index (χ4n) is 2.40. The van der Waals surface area contributed by atoms with Crippen molar-refractivity contribution in [2.24, 2.45) is 0 Å². The first-order valence-electron chi connectivity index (χ1n) is 7.57. The molecule has 2 aromatic rings. The SMILES string of the molecule is COCc1ccccc1C(=O)N[C@H](C)CC(=O)c1ccccc1. The maximum Gasteiger partial charge on any atom is 0.251 e. The van der Waals surface area contributed by atoms with Crippen molar-refractivity contribution in [1.82, 2.24) is 5.32 Å². The molecular weight excluding hydrogens is 290 g/mol. The van der Waals surface area contributed by atoms with Crippen LogP contribution in [-0.4, -0.2) is 24.8 Å². The molecule has 1 amide bonds. The molecule has 1 N–H and O–H groups in total. The van der Waals surface area contributed by atoms with Crippen LogP contribution in [0.15, 0.2) is 54.6 Å². The van der Waals surface area contributed by atoms with Crippen LogP contribution >= 0.6 is 0 Å². The first kappa shape index (κ1) is 16.9. The van der Waals surface area contributed by atoms with Gasteiger partial charge in [-0.1, -0.05) is 48.5 Å². The number of hydrogen-bond donors (Lipinski definition) is 1. The monoisotopic (exact) mass is 311 g/mol.